The highest BCUT2D eigenvalue weighted by Crippen LogP contribution is 2.27. The zero-order chi connectivity index (χ0) is 18.5. The predicted octanol–water partition coefficient (Wildman–Crippen LogP) is 4.32. The molecule has 4 rings (SSSR count). The smallest absolute Gasteiger partial charge is 0.224 e. The fraction of sp³-hybridized carbons (Fsp3) is 0.238. The third-order valence-corrected chi connectivity index (χ3v) is 5.46. The number of amides is 1. The Kier molecular flexibility index (Phi) is 5.44. The first-order valence-electron chi connectivity index (χ1n) is 9.07. The molecule has 3 aromatic rings. The number of ether oxygens (including phenoxy) is 1. The highest BCUT2D eigenvalue weighted by molar-refractivity contribution is 7.99. The Morgan fingerprint density at radius 1 is 1.15 bits per heavy atom. The minimum atomic E-state index is 0.0852. The Labute approximate surface area is 162 Å². The van der Waals surface area contributed by atoms with Gasteiger partial charge in [-0.1, -0.05) is 30.0 Å². The van der Waals surface area contributed by atoms with E-state index in [1.165, 1.54) is 0 Å². The van der Waals surface area contributed by atoms with Crippen LogP contribution in [-0.4, -0.2) is 27.8 Å². The number of carbonyl (C=O) groups is 1. The van der Waals surface area contributed by atoms with Crippen molar-refractivity contribution >= 4 is 23.4 Å². The molecule has 0 saturated heterocycles. The highest BCUT2D eigenvalue weighted by Gasteiger charge is 2.15. The number of nitrogens with one attached hydrogen (secondary N) is 1. The summed E-state index contributed by atoms with van der Waals surface area (Å²) >= 11 is 1.73. The van der Waals surface area contributed by atoms with Crippen LogP contribution in [-0.2, 0) is 11.2 Å². The molecule has 0 bridgehead atoms. The summed E-state index contributed by atoms with van der Waals surface area (Å²) < 4.78 is 7.98. The van der Waals surface area contributed by atoms with Crippen LogP contribution in [0.5, 0.6) is 5.75 Å². The minimum absolute atomic E-state index is 0.0852. The van der Waals surface area contributed by atoms with Crippen LogP contribution in [0.3, 0.4) is 0 Å². The van der Waals surface area contributed by atoms with E-state index < -0.39 is 0 Å². The fourth-order valence-electron chi connectivity index (χ4n) is 3.04. The van der Waals surface area contributed by atoms with Crippen LogP contribution in [0.2, 0.25) is 0 Å². The Bertz CT molecular complexity index is 924. The van der Waals surface area contributed by atoms with E-state index >= 15 is 0 Å². The van der Waals surface area contributed by atoms with Crippen molar-refractivity contribution in [2.45, 2.75) is 24.4 Å². The summed E-state index contributed by atoms with van der Waals surface area (Å²) in [6.07, 6.45) is 6.06. The molecule has 2 aromatic carbocycles. The number of carbonyl (C=O) groups excluding carboxylic acids is 1. The number of para-hydroxylation sites is 1. The molecule has 0 atom stereocenters. The number of hydrogen-bond donors (Lipinski definition) is 1. The maximum absolute atomic E-state index is 11.4. The molecular formula is C21H21N3O2S. The number of fused-ring (bicyclic) bond motifs is 1. The van der Waals surface area contributed by atoms with Gasteiger partial charge < -0.3 is 10.1 Å². The maximum atomic E-state index is 11.4. The van der Waals surface area contributed by atoms with E-state index in [9.17, 15) is 4.79 Å². The summed E-state index contributed by atoms with van der Waals surface area (Å²) in [6.45, 7) is 0.657. The second-order valence-electron chi connectivity index (χ2n) is 6.33. The number of anilines is 1. The van der Waals surface area contributed by atoms with Crippen LogP contribution in [0.1, 0.15) is 18.4 Å². The molecular weight excluding hydrogens is 358 g/mol. The maximum Gasteiger partial charge on any atom is 0.224 e. The van der Waals surface area contributed by atoms with Gasteiger partial charge in [-0.2, -0.15) is 0 Å². The van der Waals surface area contributed by atoms with E-state index in [2.05, 4.69) is 27.0 Å². The molecule has 2 heterocycles. The van der Waals surface area contributed by atoms with Crippen molar-refractivity contribution in [2.75, 3.05) is 17.7 Å². The topological polar surface area (TPSA) is 56.1 Å². The number of thioether (sulfide) groups is 1. The number of aromatic nitrogens is 2. The van der Waals surface area contributed by atoms with Gasteiger partial charge in [0, 0.05) is 35.9 Å². The third kappa shape index (κ3) is 4.34. The SMILES string of the molecule is O=C1CCc2cc(OCCCSc3nccn3-c3ccccc3)ccc2N1. The summed E-state index contributed by atoms with van der Waals surface area (Å²) in [5.41, 5.74) is 3.17. The molecule has 138 valence electrons. The molecule has 0 aliphatic carbocycles. The van der Waals surface area contributed by atoms with Gasteiger partial charge >= 0.3 is 0 Å². The third-order valence-electron chi connectivity index (χ3n) is 4.40. The number of imidazole rings is 1. The molecule has 0 saturated carbocycles. The van der Waals surface area contributed by atoms with Crippen molar-refractivity contribution in [1.82, 2.24) is 9.55 Å². The Morgan fingerprint density at radius 2 is 2.04 bits per heavy atom. The van der Waals surface area contributed by atoms with Crippen molar-refractivity contribution in [3.05, 3.63) is 66.5 Å². The van der Waals surface area contributed by atoms with E-state index in [-0.39, 0.29) is 5.91 Å². The van der Waals surface area contributed by atoms with Gasteiger partial charge in [-0.05, 0) is 48.7 Å². The van der Waals surface area contributed by atoms with Gasteiger partial charge in [0.2, 0.25) is 5.91 Å². The number of rotatable bonds is 7. The fourth-order valence-corrected chi connectivity index (χ4v) is 3.93. The number of nitrogens with zero attached hydrogens (tertiary/aromatic N) is 2. The van der Waals surface area contributed by atoms with Gasteiger partial charge in [-0.25, -0.2) is 4.98 Å². The molecule has 27 heavy (non-hydrogen) atoms. The Morgan fingerprint density at radius 3 is 2.93 bits per heavy atom. The first kappa shape index (κ1) is 17.7. The van der Waals surface area contributed by atoms with Crippen molar-refractivity contribution in [3.8, 4) is 11.4 Å². The lowest BCUT2D eigenvalue weighted by molar-refractivity contribution is -0.116. The van der Waals surface area contributed by atoms with Gasteiger partial charge in [-0.15, -0.1) is 0 Å². The average molecular weight is 379 g/mol. The monoisotopic (exact) mass is 379 g/mol. The van der Waals surface area contributed by atoms with Gasteiger partial charge in [0.05, 0.1) is 6.61 Å². The molecule has 0 spiro atoms. The second kappa shape index (κ2) is 8.31. The normalized spacial score (nSPS) is 13.1. The van der Waals surface area contributed by atoms with Gasteiger partial charge in [-0.3, -0.25) is 9.36 Å². The summed E-state index contributed by atoms with van der Waals surface area (Å²) in [4.78, 5) is 15.9. The molecule has 1 N–H and O–H groups in total. The lowest BCUT2D eigenvalue weighted by atomic mass is 10.0. The molecule has 6 heteroatoms. The van der Waals surface area contributed by atoms with Crippen molar-refractivity contribution in [2.24, 2.45) is 0 Å². The Hall–Kier alpha value is -2.73. The quantitative estimate of drug-likeness (QED) is 0.491. The van der Waals surface area contributed by atoms with Gasteiger partial charge in [0.25, 0.3) is 0 Å². The predicted molar refractivity (Wildman–Crippen MR) is 108 cm³/mol. The summed E-state index contributed by atoms with van der Waals surface area (Å²) in [5.74, 6) is 1.88. The lowest BCUT2D eigenvalue weighted by Crippen LogP contribution is -2.18. The molecule has 0 unspecified atom stereocenters. The lowest BCUT2D eigenvalue weighted by Gasteiger charge is -2.17. The standard InChI is InChI=1S/C21H21N3O2S/c25-20-10-7-16-15-18(8-9-19(16)23-20)26-13-4-14-27-21-22-11-12-24(21)17-5-2-1-3-6-17/h1-3,5-6,8-9,11-12,15H,4,7,10,13-14H2,(H,23,25). The average Bonchev–Trinajstić information content (AvgIpc) is 3.17. The van der Waals surface area contributed by atoms with Crippen LogP contribution >= 0.6 is 11.8 Å². The van der Waals surface area contributed by atoms with E-state index in [4.69, 9.17) is 4.74 Å². The van der Waals surface area contributed by atoms with Crippen molar-refractivity contribution < 1.29 is 9.53 Å². The molecule has 1 aromatic heterocycles. The zero-order valence-electron chi connectivity index (χ0n) is 14.9. The second-order valence-corrected chi connectivity index (χ2v) is 7.40. The molecule has 1 amide bonds. The molecule has 1 aliphatic heterocycles. The van der Waals surface area contributed by atoms with Crippen LogP contribution in [0, 0.1) is 0 Å². The number of benzene rings is 2. The number of aryl methyl sites for hydroxylation is 1. The van der Waals surface area contributed by atoms with Gasteiger partial charge in [0.15, 0.2) is 5.16 Å². The van der Waals surface area contributed by atoms with E-state index in [1.54, 1.807) is 11.8 Å². The first-order valence-corrected chi connectivity index (χ1v) is 10.1. The van der Waals surface area contributed by atoms with Gasteiger partial charge in [0.1, 0.15) is 5.75 Å². The number of hydrogen-bond acceptors (Lipinski definition) is 4. The summed E-state index contributed by atoms with van der Waals surface area (Å²) in [7, 11) is 0. The van der Waals surface area contributed by atoms with Crippen LogP contribution in [0.4, 0.5) is 5.69 Å². The van der Waals surface area contributed by atoms with E-state index in [0.29, 0.717) is 13.0 Å². The summed E-state index contributed by atoms with van der Waals surface area (Å²) in [6, 6.07) is 16.1. The minimum Gasteiger partial charge on any atom is -0.494 e. The first-order chi connectivity index (χ1) is 13.3. The summed E-state index contributed by atoms with van der Waals surface area (Å²) in [5, 5.41) is 3.88. The Balaban J connectivity index is 1.26. The van der Waals surface area contributed by atoms with Crippen LogP contribution < -0.4 is 10.1 Å². The van der Waals surface area contributed by atoms with Crippen molar-refractivity contribution in [3.63, 3.8) is 0 Å². The van der Waals surface area contributed by atoms with E-state index in [0.717, 1.165) is 46.4 Å². The molecule has 5 nitrogen and oxygen atoms in total. The highest BCUT2D eigenvalue weighted by atomic mass is 32.2. The molecule has 1 aliphatic rings. The van der Waals surface area contributed by atoms with Crippen LogP contribution in [0.15, 0.2) is 66.1 Å². The van der Waals surface area contributed by atoms with E-state index in [1.807, 2.05) is 48.8 Å². The zero-order valence-corrected chi connectivity index (χ0v) is 15.7. The largest absolute Gasteiger partial charge is 0.494 e. The molecule has 0 fully saturated rings. The molecule has 0 radical (unpaired) electrons. The van der Waals surface area contributed by atoms with Crippen LogP contribution in [0.25, 0.3) is 5.69 Å². The van der Waals surface area contributed by atoms with Crippen molar-refractivity contribution in [1.29, 1.82) is 0 Å².